The summed E-state index contributed by atoms with van der Waals surface area (Å²) in [6.45, 7) is 1.26. The van der Waals surface area contributed by atoms with Crippen LogP contribution in [0.1, 0.15) is 45.5 Å². The quantitative estimate of drug-likeness (QED) is 0.172. The van der Waals surface area contributed by atoms with E-state index in [4.69, 9.17) is 0 Å². The highest BCUT2D eigenvalue weighted by Gasteiger charge is 2.32. The van der Waals surface area contributed by atoms with Crippen molar-refractivity contribution in [2.45, 2.75) is 32.4 Å². The zero-order valence-electron chi connectivity index (χ0n) is 19.1. The van der Waals surface area contributed by atoms with Crippen LogP contribution in [0, 0.1) is 11.6 Å². The number of carbonyl (C=O) groups excluding carboxylic acids is 2. The molecule has 6 nitrogen and oxygen atoms in total. The van der Waals surface area contributed by atoms with E-state index in [0.717, 1.165) is 28.8 Å². The number of imide groups is 1. The van der Waals surface area contributed by atoms with E-state index < -0.39 is 11.6 Å². The molecule has 0 N–H and O–H groups in total. The SMILES string of the molecule is O=C1c2cccc3c(Br)ccc(c23)C(=O)N1CCCCCn1c[n+](Cc2ccc(F)cc2F)cn1.[Br-]. The molecule has 0 saturated carbocycles. The number of hydrogen-bond donors (Lipinski definition) is 0. The highest BCUT2D eigenvalue weighted by molar-refractivity contribution is 9.10. The van der Waals surface area contributed by atoms with Gasteiger partial charge < -0.3 is 17.0 Å². The second kappa shape index (κ2) is 11.0. The molecule has 0 aliphatic carbocycles. The predicted octanol–water partition coefficient (Wildman–Crippen LogP) is 1.88. The molecule has 1 aliphatic heterocycles. The highest BCUT2D eigenvalue weighted by atomic mass is 79.9. The van der Waals surface area contributed by atoms with Crippen LogP contribution in [-0.4, -0.2) is 33.0 Å². The first-order chi connectivity index (χ1) is 16.9. The smallest absolute Gasteiger partial charge is 0.265 e. The number of aromatic nitrogens is 3. The van der Waals surface area contributed by atoms with E-state index >= 15 is 0 Å². The second-order valence-corrected chi connectivity index (χ2v) is 9.42. The lowest BCUT2D eigenvalue weighted by atomic mass is 9.94. The number of nitrogens with zero attached hydrogens (tertiary/aromatic N) is 4. The minimum atomic E-state index is -0.603. The summed E-state index contributed by atoms with van der Waals surface area (Å²) in [5.41, 5.74) is 1.49. The van der Waals surface area contributed by atoms with E-state index in [1.807, 2.05) is 18.2 Å². The normalized spacial score (nSPS) is 12.8. The van der Waals surface area contributed by atoms with Gasteiger partial charge in [-0.05, 0) is 55.0 Å². The van der Waals surface area contributed by atoms with Crippen LogP contribution in [0.3, 0.4) is 0 Å². The molecular weight excluding hydrogens is 598 g/mol. The molecule has 0 unspecified atom stereocenters. The van der Waals surface area contributed by atoms with Gasteiger partial charge >= 0.3 is 0 Å². The van der Waals surface area contributed by atoms with Crippen molar-refractivity contribution in [3.63, 3.8) is 0 Å². The van der Waals surface area contributed by atoms with Gasteiger partial charge in [0, 0.05) is 44.3 Å². The van der Waals surface area contributed by atoms with Crippen LogP contribution < -0.4 is 21.5 Å². The Morgan fingerprint density at radius 2 is 1.67 bits per heavy atom. The number of amides is 2. The zero-order valence-corrected chi connectivity index (χ0v) is 22.3. The van der Waals surface area contributed by atoms with Gasteiger partial charge in [0.15, 0.2) is 0 Å². The average Bonchev–Trinajstić information content (AvgIpc) is 3.29. The number of aryl methyl sites for hydroxylation is 1. The molecule has 36 heavy (non-hydrogen) atoms. The number of unbranched alkanes of at least 4 members (excludes halogenated alkanes) is 2. The lowest BCUT2D eigenvalue weighted by molar-refractivity contribution is -0.689. The van der Waals surface area contributed by atoms with E-state index in [1.54, 1.807) is 34.0 Å². The Balaban J connectivity index is 0.00000304. The van der Waals surface area contributed by atoms with Crippen LogP contribution in [0.25, 0.3) is 10.8 Å². The van der Waals surface area contributed by atoms with Crippen LogP contribution in [0.4, 0.5) is 8.78 Å². The van der Waals surface area contributed by atoms with Crippen molar-refractivity contribution in [1.29, 1.82) is 0 Å². The molecule has 10 heteroatoms. The van der Waals surface area contributed by atoms with Crippen molar-refractivity contribution in [3.8, 4) is 0 Å². The fourth-order valence-electron chi connectivity index (χ4n) is 4.44. The molecule has 1 aromatic heterocycles. The Bertz CT molecular complexity index is 1440. The Labute approximate surface area is 225 Å². The van der Waals surface area contributed by atoms with Gasteiger partial charge in [0.2, 0.25) is 6.33 Å². The van der Waals surface area contributed by atoms with Gasteiger partial charge in [-0.3, -0.25) is 14.5 Å². The summed E-state index contributed by atoms with van der Waals surface area (Å²) >= 11 is 3.50. The fraction of sp³-hybridized carbons (Fsp3) is 0.231. The standard InChI is InChI=1S/C26H22BrF2N4O2.BrH/c27-22-10-9-21-24-19(22)5-4-6-20(24)25(34)33(26(21)35)12-3-1-2-11-32-16-31(15-30-32)14-17-7-8-18(28)13-23(17)29;/h4-10,13,15-16H,1-3,11-12,14H2;1H/q+1;/p-1. The van der Waals surface area contributed by atoms with Crippen molar-refractivity contribution in [3.05, 3.63) is 94.0 Å². The molecule has 0 fully saturated rings. The molecular formula is C26H22Br2F2N4O2. The van der Waals surface area contributed by atoms with Crippen molar-refractivity contribution in [2.24, 2.45) is 0 Å². The number of halogens is 4. The lowest BCUT2D eigenvalue weighted by Crippen LogP contribution is -3.00. The first kappa shape index (κ1) is 26.1. The molecule has 2 heterocycles. The van der Waals surface area contributed by atoms with Gasteiger partial charge in [-0.15, -0.1) is 4.68 Å². The van der Waals surface area contributed by atoms with E-state index in [0.29, 0.717) is 41.6 Å². The molecule has 0 atom stereocenters. The van der Waals surface area contributed by atoms with Crippen LogP contribution >= 0.6 is 15.9 Å². The van der Waals surface area contributed by atoms with Crippen molar-refractivity contribution in [2.75, 3.05) is 6.54 Å². The second-order valence-electron chi connectivity index (χ2n) is 8.56. The van der Waals surface area contributed by atoms with E-state index in [1.165, 1.54) is 17.0 Å². The minimum Gasteiger partial charge on any atom is -1.00 e. The van der Waals surface area contributed by atoms with Crippen molar-refractivity contribution in [1.82, 2.24) is 14.7 Å². The maximum absolute atomic E-state index is 13.9. The Morgan fingerprint density at radius 1 is 0.917 bits per heavy atom. The fourth-order valence-corrected chi connectivity index (χ4v) is 4.90. The van der Waals surface area contributed by atoms with Gasteiger partial charge in [0.1, 0.15) is 18.2 Å². The van der Waals surface area contributed by atoms with Crippen LogP contribution in [-0.2, 0) is 13.1 Å². The van der Waals surface area contributed by atoms with Crippen molar-refractivity contribution < 1.29 is 39.9 Å². The van der Waals surface area contributed by atoms with E-state index in [-0.39, 0.29) is 35.3 Å². The molecule has 0 saturated heterocycles. The molecule has 0 radical (unpaired) electrons. The third kappa shape index (κ3) is 5.10. The minimum absolute atomic E-state index is 0. The molecule has 3 aromatic carbocycles. The Morgan fingerprint density at radius 3 is 2.44 bits per heavy atom. The third-order valence-electron chi connectivity index (χ3n) is 6.21. The van der Waals surface area contributed by atoms with Gasteiger partial charge in [-0.1, -0.05) is 28.1 Å². The van der Waals surface area contributed by atoms with E-state index in [9.17, 15) is 18.4 Å². The first-order valence-electron chi connectivity index (χ1n) is 11.4. The largest absolute Gasteiger partial charge is 1.00 e. The summed E-state index contributed by atoms with van der Waals surface area (Å²) < 4.78 is 31.3. The predicted molar refractivity (Wildman–Crippen MR) is 129 cm³/mol. The summed E-state index contributed by atoms with van der Waals surface area (Å²) in [4.78, 5) is 27.4. The van der Waals surface area contributed by atoms with E-state index in [2.05, 4.69) is 21.0 Å². The molecule has 1 aliphatic rings. The van der Waals surface area contributed by atoms with Gasteiger partial charge in [0.25, 0.3) is 18.1 Å². The molecule has 0 bridgehead atoms. The number of carbonyl (C=O) groups is 2. The lowest BCUT2D eigenvalue weighted by Gasteiger charge is -2.27. The topological polar surface area (TPSA) is 59.1 Å². The average molecular weight is 620 g/mol. The van der Waals surface area contributed by atoms with Crippen LogP contribution in [0.15, 0.2) is 65.7 Å². The molecule has 4 aromatic rings. The summed E-state index contributed by atoms with van der Waals surface area (Å²) in [6.07, 6.45) is 5.67. The number of benzene rings is 3. The van der Waals surface area contributed by atoms with Crippen molar-refractivity contribution >= 4 is 38.5 Å². The molecule has 2 amide bonds. The number of hydrogen-bond acceptors (Lipinski definition) is 3. The summed E-state index contributed by atoms with van der Waals surface area (Å²) in [6, 6.07) is 12.6. The Hall–Kier alpha value is -2.98. The van der Waals surface area contributed by atoms with Crippen LogP contribution in [0.5, 0.6) is 0 Å². The summed E-state index contributed by atoms with van der Waals surface area (Å²) in [5.74, 6) is -1.70. The highest BCUT2D eigenvalue weighted by Crippen LogP contribution is 2.34. The van der Waals surface area contributed by atoms with Gasteiger partial charge in [-0.25, -0.2) is 13.3 Å². The van der Waals surface area contributed by atoms with Gasteiger partial charge in [0.05, 0.1) is 6.54 Å². The van der Waals surface area contributed by atoms with Crippen LogP contribution in [0.2, 0.25) is 0 Å². The monoisotopic (exact) mass is 618 g/mol. The molecule has 5 rings (SSSR count). The van der Waals surface area contributed by atoms with Gasteiger partial charge in [-0.2, -0.15) is 0 Å². The molecule has 0 spiro atoms. The Kier molecular flexibility index (Phi) is 7.94. The summed E-state index contributed by atoms with van der Waals surface area (Å²) in [5, 5.41) is 5.86. The maximum Gasteiger partial charge on any atom is 0.265 e. The summed E-state index contributed by atoms with van der Waals surface area (Å²) in [7, 11) is 0. The first-order valence-corrected chi connectivity index (χ1v) is 12.1. The number of rotatable bonds is 8. The molecule has 186 valence electrons. The maximum atomic E-state index is 13.9. The zero-order chi connectivity index (χ0) is 24.5. The third-order valence-corrected chi connectivity index (χ3v) is 6.90.